The normalized spacial score (nSPS) is 15.3. The van der Waals surface area contributed by atoms with Crippen molar-refractivity contribution >= 4 is 17.0 Å². The molecule has 2 aromatic rings. The van der Waals surface area contributed by atoms with E-state index in [1.54, 1.807) is 6.07 Å². The minimum Gasteiger partial charge on any atom is -0.408 e. The first kappa shape index (κ1) is 15.8. The van der Waals surface area contributed by atoms with E-state index in [2.05, 4.69) is 5.32 Å². The molecule has 1 aromatic carbocycles. The highest BCUT2D eigenvalue weighted by Gasteiger charge is 2.14. The van der Waals surface area contributed by atoms with E-state index >= 15 is 0 Å². The number of hydrogen-bond acceptors (Lipinski definition) is 3. The minimum absolute atomic E-state index is 0.00592. The van der Waals surface area contributed by atoms with Gasteiger partial charge in [0, 0.05) is 19.5 Å². The first-order valence-electron chi connectivity index (χ1n) is 8.59. The van der Waals surface area contributed by atoms with Gasteiger partial charge in [-0.1, -0.05) is 37.8 Å². The van der Waals surface area contributed by atoms with Crippen molar-refractivity contribution in [3.63, 3.8) is 0 Å². The Morgan fingerprint density at radius 3 is 2.87 bits per heavy atom. The van der Waals surface area contributed by atoms with Crippen LogP contribution in [0.1, 0.15) is 44.9 Å². The Labute approximate surface area is 135 Å². The topological polar surface area (TPSA) is 64.2 Å². The number of amides is 1. The van der Waals surface area contributed by atoms with Crippen LogP contribution in [-0.4, -0.2) is 17.0 Å². The highest BCUT2D eigenvalue weighted by atomic mass is 16.4. The molecule has 23 heavy (non-hydrogen) atoms. The van der Waals surface area contributed by atoms with Gasteiger partial charge in [-0.3, -0.25) is 9.36 Å². The average molecular weight is 316 g/mol. The lowest BCUT2D eigenvalue weighted by atomic mass is 10.0. The van der Waals surface area contributed by atoms with Crippen molar-refractivity contribution in [2.24, 2.45) is 5.92 Å². The van der Waals surface area contributed by atoms with E-state index in [-0.39, 0.29) is 5.91 Å². The zero-order valence-corrected chi connectivity index (χ0v) is 13.4. The van der Waals surface area contributed by atoms with Crippen LogP contribution in [0, 0.1) is 5.92 Å². The van der Waals surface area contributed by atoms with Crippen LogP contribution in [0.15, 0.2) is 33.5 Å². The van der Waals surface area contributed by atoms with Crippen LogP contribution in [0.5, 0.6) is 0 Å². The fourth-order valence-electron chi connectivity index (χ4n) is 3.45. The molecule has 0 saturated heterocycles. The molecule has 0 spiro atoms. The number of nitrogens with zero attached hydrogens (tertiary/aromatic N) is 1. The molecule has 5 heteroatoms. The summed E-state index contributed by atoms with van der Waals surface area (Å²) in [7, 11) is 0. The summed E-state index contributed by atoms with van der Waals surface area (Å²) in [5, 5.41) is 2.95. The van der Waals surface area contributed by atoms with Crippen LogP contribution in [0.3, 0.4) is 0 Å². The molecule has 1 aromatic heterocycles. The maximum absolute atomic E-state index is 11.9. The molecule has 5 nitrogen and oxygen atoms in total. The maximum atomic E-state index is 11.9. The van der Waals surface area contributed by atoms with Crippen molar-refractivity contribution in [3.8, 4) is 0 Å². The van der Waals surface area contributed by atoms with Gasteiger partial charge in [-0.05, 0) is 30.9 Å². The van der Waals surface area contributed by atoms with Crippen LogP contribution in [-0.2, 0) is 11.3 Å². The van der Waals surface area contributed by atoms with Gasteiger partial charge < -0.3 is 9.73 Å². The molecule has 1 heterocycles. The van der Waals surface area contributed by atoms with Gasteiger partial charge in [0.25, 0.3) is 0 Å². The Bertz CT molecular complexity index is 710. The third-order valence-electron chi connectivity index (χ3n) is 4.72. The maximum Gasteiger partial charge on any atom is 0.419 e. The molecule has 1 saturated carbocycles. The second kappa shape index (κ2) is 7.49. The molecule has 0 radical (unpaired) electrons. The van der Waals surface area contributed by atoms with Gasteiger partial charge >= 0.3 is 5.76 Å². The van der Waals surface area contributed by atoms with E-state index in [0.29, 0.717) is 18.5 Å². The molecule has 0 bridgehead atoms. The molecular weight excluding hydrogens is 292 g/mol. The Balaban J connectivity index is 1.43. The molecule has 0 unspecified atom stereocenters. The van der Waals surface area contributed by atoms with E-state index in [1.807, 2.05) is 18.2 Å². The summed E-state index contributed by atoms with van der Waals surface area (Å²) in [6.45, 7) is 1.08. The number of nitrogens with one attached hydrogen (secondary N) is 1. The number of aromatic nitrogens is 1. The smallest absolute Gasteiger partial charge is 0.408 e. The summed E-state index contributed by atoms with van der Waals surface area (Å²) >= 11 is 0. The quantitative estimate of drug-likeness (QED) is 0.798. The van der Waals surface area contributed by atoms with Gasteiger partial charge in [0.2, 0.25) is 5.91 Å². The lowest BCUT2D eigenvalue weighted by Crippen LogP contribution is -2.27. The van der Waals surface area contributed by atoms with Crippen LogP contribution in [0.25, 0.3) is 11.1 Å². The number of carbonyl (C=O) groups excluding carboxylic acids is 1. The Hall–Kier alpha value is -2.04. The highest BCUT2D eigenvalue weighted by molar-refractivity contribution is 5.76. The fraction of sp³-hybridized carbons (Fsp3) is 0.556. The van der Waals surface area contributed by atoms with Gasteiger partial charge in [-0.2, -0.15) is 0 Å². The number of para-hydroxylation sites is 2. The molecule has 124 valence electrons. The van der Waals surface area contributed by atoms with Crippen LogP contribution >= 0.6 is 0 Å². The monoisotopic (exact) mass is 316 g/mol. The second-order valence-corrected chi connectivity index (χ2v) is 6.38. The number of rotatable bonds is 7. The van der Waals surface area contributed by atoms with Gasteiger partial charge in [-0.15, -0.1) is 0 Å². The lowest BCUT2D eigenvalue weighted by molar-refractivity contribution is -0.121. The largest absolute Gasteiger partial charge is 0.419 e. The van der Waals surface area contributed by atoms with E-state index in [9.17, 15) is 9.59 Å². The second-order valence-electron chi connectivity index (χ2n) is 6.38. The van der Waals surface area contributed by atoms with Crippen molar-refractivity contribution in [1.82, 2.24) is 9.88 Å². The van der Waals surface area contributed by atoms with Crippen molar-refractivity contribution in [2.45, 2.75) is 51.5 Å². The first-order chi connectivity index (χ1) is 11.2. The van der Waals surface area contributed by atoms with Crippen molar-refractivity contribution in [2.75, 3.05) is 6.54 Å². The Morgan fingerprint density at radius 2 is 2.04 bits per heavy atom. The number of oxazole rings is 1. The molecular formula is C18H24N2O3. The molecule has 0 aliphatic heterocycles. The van der Waals surface area contributed by atoms with Gasteiger partial charge in [-0.25, -0.2) is 4.79 Å². The number of hydrogen-bond donors (Lipinski definition) is 1. The summed E-state index contributed by atoms with van der Waals surface area (Å²) in [5.41, 5.74) is 1.31. The number of aryl methyl sites for hydroxylation is 1. The van der Waals surface area contributed by atoms with Crippen molar-refractivity contribution in [3.05, 3.63) is 34.8 Å². The van der Waals surface area contributed by atoms with Crippen molar-refractivity contribution < 1.29 is 9.21 Å². The molecule has 1 aliphatic rings. The summed E-state index contributed by atoms with van der Waals surface area (Å²) in [6.07, 6.45) is 7.99. The van der Waals surface area contributed by atoms with Crippen LogP contribution in [0.4, 0.5) is 0 Å². The zero-order valence-electron chi connectivity index (χ0n) is 13.4. The van der Waals surface area contributed by atoms with Gasteiger partial charge in [0.15, 0.2) is 5.58 Å². The summed E-state index contributed by atoms with van der Waals surface area (Å²) in [4.78, 5) is 23.7. The number of benzene rings is 1. The summed E-state index contributed by atoms with van der Waals surface area (Å²) in [5.74, 6) is 0.455. The first-order valence-corrected chi connectivity index (χ1v) is 8.59. The van der Waals surface area contributed by atoms with Crippen LogP contribution < -0.4 is 11.1 Å². The van der Waals surface area contributed by atoms with E-state index in [0.717, 1.165) is 24.4 Å². The highest BCUT2D eigenvalue weighted by Crippen LogP contribution is 2.28. The zero-order chi connectivity index (χ0) is 16.1. The van der Waals surface area contributed by atoms with Crippen molar-refractivity contribution in [1.29, 1.82) is 0 Å². The molecule has 1 fully saturated rings. The van der Waals surface area contributed by atoms with Gasteiger partial charge in [0.05, 0.1) is 5.52 Å². The van der Waals surface area contributed by atoms with Crippen LogP contribution in [0.2, 0.25) is 0 Å². The Kier molecular flexibility index (Phi) is 5.16. The predicted octanol–water partition coefficient (Wildman–Crippen LogP) is 3.07. The minimum atomic E-state index is -0.403. The van der Waals surface area contributed by atoms with E-state index < -0.39 is 5.76 Å². The molecule has 1 aliphatic carbocycles. The third-order valence-corrected chi connectivity index (χ3v) is 4.72. The van der Waals surface area contributed by atoms with E-state index in [4.69, 9.17) is 4.42 Å². The Morgan fingerprint density at radius 1 is 1.26 bits per heavy atom. The number of fused-ring (bicyclic) bond motifs is 1. The van der Waals surface area contributed by atoms with E-state index in [1.165, 1.54) is 36.7 Å². The summed E-state index contributed by atoms with van der Waals surface area (Å²) < 4.78 is 6.68. The average Bonchev–Trinajstić information content (AvgIpc) is 3.16. The van der Waals surface area contributed by atoms with Gasteiger partial charge in [0.1, 0.15) is 0 Å². The molecule has 0 atom stereocenters. The fourth-order valence-corrected chi connectivity index (χ4v) is 3.45. The standard InChI is InChI=1S/C18H24N2O3/c21-17(19-12-5-8-14-6-1-2-7-14)11-13-20-15-9-3-4-10-16(15)23-18(20)22/h3-4,9-10,14H,1-2,5-8,11-13H2,(H,19,21). The summed E-state index contributed by atoms with van der Waals surface area (Å²) in [6, 6.07) is 7.28. The third kappa shape index (κ3) is 4.03. The SMILES string of the molecule is O=C(CCn1c(=O)oc2ccccc21)NCCCC1CCCC1. The predicted molar refractivity (Wildman–Crippen MR) is 89.3 cm³/mol. The molecule has 1 N–H and O–H groups in total. The number of carbonyl (C=O) groups is 1. The lowest BCUT2D eigenvalue weighted by Gasteiger charge is -2.09. The molecule has 1 amide bonds. The molecule has 3 rings (SSSR count).